The number of carbonyl (C=O) groups is 3. The molecule has 0 aromatic rings. The van der Waals surface area contributed by atoms with Crippen LogP contribution < -0.4 is 10.6 Å². The van der Waals surface area contributed by atoms with Gasteiger partial charge in [0.1, 0.15) is 12.1 Å². The fraction of sp³-hybridized carbons (Fsp3) is 0.800. The van der Waals surface area contributed by atoms with E-state index in [1.165, 1.54) is 0 Å². The molecule has 2 amide bonds. The highest BCUT2D eigenvalue weighted by atomic mass is 16.4. The van der Waals surface area contributed by atoms with Crippen molar-refractivity contribution < 1.29 is 19.5 Å². The minimum atomic E-state index is -1.05. The summed E-state index contributed by atoms with van der Waals surface area (Å²) in [6.07, 6.45) is 1.36. The third-order valence-electron chi connectivity index (χ3n) is 3.45. The molecule has 3 N–H and O–H groups in total. The summed E-state index contributed by atoms with van der Waals surface area (Å²) in [5.74, 6) is -1.61. The fourth-order valence-electron chi connectivity index (χ4n) is 1.93. The largest absolute Gasteiger partial charge is 0.480 e. The summed E-state index contributed by atoms with van der Waals surface area (Å²) in [6, 6.07) is -1.63. The molecule has 0 saturated carbocycles. The average Bonchev–Trinajstić information content (AvgIpc) is 2.41. The topological polar surface area (TPSA) is 95.5 Å². The third-order valence-corrected chi connectivity index (χ3v) is 3.45. The average molecular weight is 300 g/mol. The number of hydrogen-bond acceptors (Lipinski definition) is 3. The molecule has 0 unspecified atom stereocenters. The molecule has 6 nitrogen and oxygen atoms in total. The van der Waals surface area contributed by atoms with Crippen LogP contribution in [0.15, 0.2) is 0 Å². The number of hydrogen-bond donors (Lipinski definition) is 3. The van der Waals surface area contributed by atoms with Crippen LogP contribution in [0.25, 0.3) is 0 Å². The first-order valence-electron chi connectivity index (χ1n) is 7.55. The summed E-state index contributed by atoms with van der Waals surface area (Å²) < 4.78 is 0. The van der Waals surface area contributed by atoms with Gasteiger partial charge in [0.05, 0.1) is 0 Å². The van der Waals surface area contributed by atoms with E-state index < -0.39 is 24.0 Å². The molecular weight excluding hydrogens is 272 g/mol. The van der Waals surface area contributed by atoms with Crippen LogP contribution in [0.3, 0.4) is 0 Å². The number of aliphatic carboxylic acids is 1. The molecule has 0 saturated heterocycles. The standard InChI is InChI=1S/C15H28N2O4/c1-6-10(5)13(17-12(18)7-2)14(19)16-11(15(20)21)8-9(3)4/h9-11,13H,6-8H2,1-5H3,(H,16,19)(H,17,18)(H,20,21)/t10-,11-,13-/m0/s1. The van der Waals surface area contributed by atoms with Gasteiger partial charge in [0.25, 0.3) is 0 Å². The lowest BCUT2D eigenvalue weighted by molar-refractivity contribution is -0.143. The Labute approximate surface area is 126 Å². The molecule has 122 valence electrons. The summed E-state index contributed by atoms with van der Waals surface area (Å²) in [5.41, 5.74) is 0. The summed E-state index contributed by atoms with van der Waals surface area (Å²) >= 11 is 0. The van der Waals surface area contributed by atoms with Gasteiger partial charge in [0, 0.05) is 6.42 Å². The van der Waals surface area contributed by atoms with Gasteiger partial charge >= 0.3 is 5.97 Å². The molecule has 6 heteroatoms. The Bertz CT molecular complexity index is 369. The lowest BCUT2D eigenvalue weighted by Crippen LogP contribution is -2.54. The number of carboxylic acids is 1. The van der Waals surface area contributed by atoms with Gasteiger partial charge in [0.15, 0.2) is 0 Å². The predicted octanol–water partition coefficient (Wildman–Crippen LogP) is 1.54. The van der Waals surface area contributed by atoms with Gasteiger partial charge < -0.3 is 15.7 Å². The Morgan fingerprint density at radius 2 is 1.62 bits per heavy atom. The molecule has 0 fully saturated rings. The SMILES string of the molecule is CCC(=O)N[C@H](C(=O)N[C@@H](CC(C)C)C(=O)O)[C@@H](C)CC. The molecule has 0 radical (unpaired) electrons. The van der Waals surface area contributed by atoms with Crippen molar-refractivity contribution in [3.05, 3.63) is 0 Å². The normalized spacial score (nSPS) is 15.1. The van der Waals surface area contributed by atoms with E-state index in [1.807, 2.05) is 27.7 Å². The molecule has 0 spiro atoms. The van der Waals surface area contributed by atoms with E-state index >= 15 is 0 Å². The molecule has 0 aliphatic carbocycles. The van der Waals surface area contributed by atoms with Gasteiger partial charge in [-0.25, -0.2) is 4.79 Å². The molecule has 0 aliphatic rings. The maximum atomic E-state index is 12.3. The van der Waals surface area contributed by atoms with Gasteiger partial charge in [-0.3, -0.25) is 9.59 Å². The molecule has 0 aromatic carbocycles. The van der Waals surface area contributed by atoms with E-state index in [4.69, 9.17) is 0 Å². The highest BCUT2D eigenvalue weighted by molar-refractivity contribution is 5.90. The van der Waals surface area contributed by atoms with E-state index in [-0.39, 0.29) is 24.2 Å². The number of amides is 2. The highest BCUT2D eigenvalue weighted by Gasteiger charge is 2.29. The zero-order chi connectivity index (χ0) is 16.6. The Morgan fingerprint density at radius 1 is 1.05 bits per heavy atom. The first-order chi connectivity index (χ1) is 9.72. The molecular formula is C15H28N2O4. The van der Waals surface area contributed by atoms with Crippen molar-refractivity contribution in [1.29, 1.82) is 0 Å². The number of rotatable bonds is 9. The minimum absolute atomic E-state index is 0.0611. The molecule has 0 aromatic heterocycles. The molecule has 0 rings (SSSR count). The lowest BCUT2D eigenvalue weighted by atomic mass is 9.97. The molecule has 0 aliphatic heterocycles. The van der Waals surface area contributed by atoms with Crippen molar-refractivity contribution in [2.75, 3.05) is 0 Å². The zero-order valence-corrected chi connectivity index (χ0v) is 13.6. The summed E-state index contributed by atoms with van der Waals surface area (Å²) in [5, 5.41) is 14.4. The Morgan fingerprint density at radius 3 is 2.00 bits per heavy atom. The van der Waals surface area contributed by atoms with Gasteiger partial charge in [-0.1, -0.05) is 41.0 Å². The lowest BCUT2D eigenvalue weighted by Gasteiger charge is -2.25. The first-order valence-corrected chi connectivity index (χ1v) is 7.55. The van der Waals surface area contributed by atoms with Crippen LogP contribution >= 0.6 is 0 Å². The Kier molecular flexibility index (Phi) is 8.66. The molecule has 3 atom stereocenters. The van der Waals surface area contributed by atoms with Crippen LogP contribution in [0, 0.1) is 11.8 Å². The summed E-state index contributed by atoms with van der Waals surface area (Å²) in [7, 11) is 0. The van der Waals surface area contributed by atoms with Crippen LogP contribution in [0.2, 0.25) is 0 Å². The predicted molar refractivity (Wildman–Crippen MR) is 80.7 cm³/mol. The van der Waals surface area contributed by atoms with Crippen molar-refractivity contribution >= 4 is 17.8 Å². The Balaban J connectivity index is 4.92. The quantitative estimate of drug-likeness (QED) is 0.602. The number of carboxylic acid groups (broad SMARTS) is 1. The number of carbonyl (C=O) groups excluding carboxylic acids is 2. The molecule has 0 heterocycles. The second kappa shape index (κ2) is 9.37. The van der Waals surface area contributed by atoms with Crippen molar-refractivity contribution in [2.45, 2.75) is 66.0 Å². The highest BCUT2D eigenvalue weighted by Crippen LogP contribution is 2.10. The van der Waals surface area contributed by atoms with Crippen LogP contribution in [0.1, 0.15) is 53.9 Å². The van der Waals surface area contributed by atoms with Crippen LogP contribution in [-0.2, 0) is 14.4 Å². The van der Waals surface area contributed by atoms with E-state index in [0.717, 1.165) is 0 Å². The van der Waals surface area contributed by atoms with Crippen molar-refractivity contribution in [1.82, 2.24) is 10.6 Å². The Hall–Kier alpha value is -1.59. The summed E-state index contributed by atoms with van der Waals surface area (Å²) in [6.45, 7) is 9.28. The molecule has 21 heavy (non-hydrogen) atoms. The van der Waals surface area contributed by atoms with E-state index in [9.17, 15) is 19.5 Å². The maximum Gasteiger partial charge on any atom is 0.326 e. The smallest absolute Gasteiger partial charge is 0.326 e. The van der Waals surface area contributed by atoms with Gasteiger partial charge in [-0.05, 0) is 18.3 Å². The van der Waals surface area contributed by atoms with Gasteiger partial charge in [-0.15, -0.1) is 0 Å². The second-order valence-electron chi connectivity index (χ2n) is 5.81. The van der Waals surface area contributed by atoms with Crippen molar-refractivity contribution in [3.8, 4) is 0 Å². The monoisotopic (exact) mass is 300 g/mol. The van der Waals surface area contributed by atoms with Crippen molar-refractivity contribution in [3.63, 3.8) is 0 Å². The third kappa shape index (κ3) is 7.11. The van der Waals surface area contributed by atoms with Gasteiger partial charge in [-0.2, -0.15) is 0 Å². The fourth-order valence-corrected chi connectivity index (χ4v) is 1.93. The van der Waals surface area contributed by atoms with Crippen LogP contribution in [-0.4, -0.2) is 35.0 Å². The van der Waals surface area contributed by atoms with Crippen molar-refractivity contribution in [2.24, 2.45) is 11.8 Å². The zero-order valence-electron chi connectivity index (χ0n) is 13.6. The van der Waals surface area contributed by atoms with Gasteiger partial charge in [0.2, 0.25) is 11.8 Å². The second-order valence-corrected chi connectivity index (χ2v) is 5.81. The van der Waals surface area contributed by atoms with E-state index in [2.05, 4.69) is 10.6 Å². The summed E-state index contributed by atoms with van der Waals surface area (Å²) in [4.78, 5) is 35.0. The first kappa shape index (κ1) is 19.4. The number of nitrogens with one attached hydrogen (secondary N) is 2. The maximum absolute atomic E-state index is 12.3. The molecule has 0 bridgehead atoms. The minimum Gasteiger partial charge on any atom is -0.480 e. The van der Waals surface area contributed by atoms with Crippen LogP contribution in [0.5, 0.6) is 0 Å². The van der Waals surface area contributed by atoms with Crippen LogP contribution in [0.4, 0.5) is 0 Å². The van der Waals surface area contributed by atoms with E-state index in [0.29, 0.717) is 12.8 Å². The van der Waals surface area contributed by atoms with E-state index in [1.54, 1.807) is 6.92 Å².